The van der Waals surface area contributed by atoms with Gasteiger partial charge in [0.2, 0.25) is 5.91 Å². The average Bonchev–Trinajstić information content (AvgIpc) is 2.69. The van der Waals surface area contributed by atoms with Gasteiger partial charge >= 0.3 is 0 Å². The zero-order valence-corrected chi connectivity index (χ0v) is 17.3. The standard InChI is InChI=1S/C21H26BrN3O3/c22-17-5-4-8-20(13-17)28-16-19(26)14-24-9-11-25(12-10-24)15-21(27)23-18-6-2-1-3-7-18/h1-8,13,19,26H,9-12,14-16H2,(H,23,27). The molecule has 1 atom stereocenters. The Bertz CT molecular complexity index is 752. The van der Waals surface area contributed by atoms with Gasteiger partial charge in [-0.1, -0.05) is 40.2 Å². The Hall–Kier alpha value is -1.93. The molecule has 7 heteroatoms. The topological polar surface area (TPSA) is 65.0 Å². The molecule has 1 aliphatic heterocycles. The number of carbonyl (C=O) groups is 1. The van der Waals surface area contributed by atoms with Gasteiger partial charge in [0, 0.05) is 42.9 Å². The second-order valence-corrected chi connectivity index (χ2v) is 7.83. The van der Waals surface area contributed by atoms with Crippen LogP contribution in [0.15, 0.2) is 59.1 Å². The van der Waals surface area contributed by atoms with Crippen molar-refractivity contribution in [3.63, 3.8) is 0 Å². The zero-order valence-electron chi connectivity index (χ0n) is 15.8. The van der Waals surface area contributed by atoms with Crippen LogP contribution in [0.5, 0.6) is 5.75 Å². The van der Waals surface area contributed by atoms with Gasteiger partial charge in [-0.25, -0.2) is 0 Å². The molecule has 28 heavy (non-hydrogen) atoms. The number of halogens is 1. The predicted octanol–water partition coefficient (Wildman–Crippen LogP) is 2.45. The van der Waals surface area contributed by atoms with Gasteiger partial charge in [0.25, 0.3) is 0 Å². The summed E-state index contributed by atoms with van der Waals surface area (Å²) in [5.41, 5.74) is 0.819. The van der Waals surface area contributed by atoms with Gasteiger partial charge in [0.15, 0.2) is 0 Å². The van der Waals surface area contributed by atoms with Gasteiger partial charge in [-0.15, -0.1) is 0 Å². The number of anilines is 1. The maximum absolute atomic E-state index is 12.2. The summed E-state index contributed by atoms with van der Waals surface area (Å²) >= 11 is 3.41. The minimum Gasteiger partial charge on any atom is -0.491 e. The highest BCUT2D eigenvalue weighted by Crippen LogP contribution is 2.18. The lowest BCUT2D eigenvalue weighted by Gasteiger charge is -2.35. The number of piperazine rings is 1. The number of aliphatic hydroxyl groups excluding tert-OH is 1. The molecule has 2 aromatic rings. The molecule has 0 radical (unpaired) electrons. The Morgan fingerprint density at radius 1 is 1.07 bits per heavy atom. The van der Waals surface area contributed by atoms with Crippen LogP contribution in [0.25, 0.3) is 0 Å². The van der Waals surface area contributed by atoms with Gasteiger partial charge in [0.05, 0.1) is 6.54 Å². The molecule has 1 aliphatic rings. The van der Waals surface area contributed by atoms with E-state index in [0.29, 0.717) is 13.1 Å². The molecule has 2 N–H and O–H groups in total. The molecule has 0 aliphatic carbocycles. The molecule has 0 spiro atoms. The van der Waals surface area contributed by atoms with Crippen LogP contribution in [-0.4, -0.2) is 72.8 Å². The summed E-state index contributed by atoms with van der Waals surface area (Å²) in [6, 6.07) is 17.1. The highest BCUT2D eigenvalue weighted by molar-refractivity contribution is 9.10. The molecule has 1 amide bonds. The molecule has 1 heterocycles. The fourth-order valence-corrected chi connectivity index (χ4v) is 3.53. The van der Waals surface area contributed by atoms with Crippen LogP contribution in [0.4, 0.5) is 5.69 Å². The van der Waals surface area contributed by atoms with E-state index in [1.807, 2.05) is 54.6 Å². The Morgan fingerprint density at radius 3 is 2.50 bits per heavy atom. The van der Waals surface area contributed by atoms with Crippen LogP contribution < -0.4 is 10.1 Å². The zero-order chi connectivity index (χ0) is 19.8. The third kappa shape index (κ3) is 6.91. The number of carbonyl (C=O) groups excluding carboxylic acids is 1. The number of hydrogen-bond acceptors (Lipinski definition) is 5. The summed E-state index contributed by atoms with van der Waals surface area (Å²) in [6.07, 6.45) is -0.549. The summed E-state index contributed by atoms with van der Waals surface area (Å²) in [5.74, 6) is 0.741. The first-order valence-corrected chi connectivity index (χ1v) is 10.2. The van der Waals surface area contributed by atoms with Gasteiger partial charge < -0.3 is 15.2 Å². The molecular weight excluding hydrogens is 422 g/mol. The van der Waals surface area contributed by atoms with E-state index < -0.39 is 6.10 Å². The minimum atomic E-state index is -0.549. The molecule has 1 saturated heterocycles. The quantitative estimate of drug-likeness (QED) is 0.650. The maximum Gasteiger partial charge on any atom is 0.238 e. The molecule has 0 aromatic heterocycles. The fraction of sp³-hybridized carbons (Fsp3) is 0.381. The van der Waals surface area contributed by atoms with Crippen LogP contribution in [0.3, 0.4) is 0 Å². The molecule has 150 valence electrons. The summed E-state index contributed by atoms with van der Waals surface area (Å²) in [6.45, 7) is 4.48. The second kappa shape index (κ2) is 10.6. The first kappa shape index (κ1) is 20.8. The Labute approximate surface area is 174 Å². The highest BCUT2D eigenvalue weighted by Gasteiger charge is 2.21. The summed E-state index contributed by atoms with van der Waals surface area (Å²) in [7, 11) is 0. The fourth-order valence-electron chi connectivity index (χ4n) is 3.16. The second-order valence-electron chi connectivity index (χ2n) is 6.91. The number of ether oxygens (including phenoxy) is 1. The van der Waals surface area contributed by atoms with Crippen molar-refractivity contribution in [1.82, 2.24) is 9.80 Å². The van der Waals surface area contributed by atoms with Gasteiger partial charge in [0.1, 0.15) is 18.5 Å². The SMILES string of the molecule is O=C(CN1CCN(CC(O)COc2cccc(Br)c2)CC1)Nc1ccccc1. The van der Waals surface area contributed by atoms with Crippen molar-refractivity contribution in [2.75, 3.05) is 51.2 Å². The monoisotopic (exact) mass is 447 g/mol. The Balaban J connectivity index is 1.34. The lowest BCUT2D eigenvalue weighted by molar-refractivity contribution is -0.117. The number of aliphatic hydroxyl groups is 1. The van der Waals surface area contributed by atoms with Crippen LogP contribution in [-0.2, 0) is 4.79 Å². The van der Waals surface area contributed by atoms with E-state index in [9.17, 15) is 9.90 Å². The van der Waals surface area contributed by atoms with Crippen LogP contribution in [0.1, 0.15) is 0 Å². The normalized spacial score (nSPS) is 16.5. The molecular formula is C21H26BrN3O3. The van der Waals surface area contributed by atoms with Crippen molar-refractivity contribution in [2.24, 2.45) is 0 Å². The molecule has 2 aromatic carbocycles. The van der Waals surface area contributed by atoms with Crippen molar-refractivity contribution in [1.29, 1.82) is 0 Å². The van der Waals surface area contributed by atoms with Gasteiger partial charge in [-0.05, 0) is 30.3 Å². The van der Waals surface area contributed by atoms with Crippen LogP contribution in [0, 0.1) is 0 Å². The molecule has 0 bridgehead atoms. The van der Waals surface area contributed by atoms with E-state index in [2.05, 4.69) is 31.0 Å². The van der Waals surface area contributed by atoms with Crippen LogP contribution in [0.2, 0.25) is 0 Å². The third-order valence-electron chi connectivity index (χ3n) is 4.60. The lowest BCUT2D eigenvalue weighted by Crippen LogP contribution is -2.50. The van der Waals surface area contributed by atoms with Gasteiger partial charge in [-0.3, -0.25) is 14.6 Å². The Morgan fingerprint density at radius 2 is 1.79 bits per heavy atom. The van der Waals surface area contributed by atoms with E-state index in [1.54, 1.807) is 0 Å². The van der Waals surface area contributed by atoms with E-state index in [1.165, 1.54) is 0 Å². The molecule has 1 unspecified atom stereocenters. The van der Waals surface area contributed by atoms with E-state index >= 15 is 0 Å². The first-order valence-electron chi connectivity index (χ1n) is 9.44. The summed E-state index contributed by atoms with van der Waals surface area (Å²) in [5, 5.41) is 13.2. The van der Waals surface area contributed by atoms with Crippen LogP contribution >= 0.6 is 15.9 Å². The number of nitrogens with zero attached hydrogens (tertiary/aromatic N) is 2. The number of amides is 1. The smallest absolute Gasteiger partial charge is 0.238 e. The van der Waals surface area contributed by atoms with E-state index in [4.69, 9.17) is 4.74 Å². The van der Waals surface area contributed by atoms with Crippen molar-refractivity contribution in [2.45, 2.75) is 6.10 Å². The first-order chi connectivity index (χ1) is 13.6. The summed E-state index contributed by atoms with van der Waals surface area (Å²) in [4.78, 5) is 16.5. The number of rotatable bonds is 8. The predicted molar refractivity (Wildman–Crippen MR) is 114 cm³/mol. The number of nitrogens with one attached hydrogen (secondary N) is 1. The number of para-hydroxylation sites is 1. The highest BCUT2D eigenvalue weighted by atomic mass is 79.9. The van der Waals surface area contributed by atoms with Crippen molar-refractivity contribution in [3.05, 3.63) is 59.1 Å². The van der Waals surface area contributed by atoms with Crippen molar-refractivity contribution < 1.29 is 14.6 Å². The number of hydrogen-bond donors (Lipinski definition) is 2. The number of β-amino-alcohol motifs (C(OH)–C–C–N with tert-alkyl or cyclic N) is 1. The molecule has 1 fully saturated rings. The van der Waals surface area contributed by atoms with E-state index in [-0.39, 0.29) is 12.5 Å². The largest absolute Gasteiger partial charge is 0.491 e. The number of benzene rings is 2. The average molecular weight is 448 g/mol. The van der Waals surface area contributed by atoms with Gasteiger partial charge in [-0.2, -0.15) is 0 Å². The molecule has 0 saturated carbocycles. The van der Waals surface area contributed by atoms with E-state index in [0.717, 1.165) is 42.1 Å². The minimum absolute atomic E-state index is 0.00195. The molecule has 6 nitrogen and oxygen atoms in total. The van der Waals surface area contributed by atoms with Crippen molar-refractivity contribution >= 4 is 27.5 Å². The molecule has 3 rings (SSSR count). The lowest BCUT2D eigenvalue weighted by atomic mass is 10.2. The van der Waals surface area contributed by atoms with Crippen molar-refractivity contribution in [3.8, 4) is 5.75 Å². The Kier molecular flexibility index (Phi) is 7.85. The summed E-state index contributed by atoms with van der Waals surface area (Å²) < 4.78 is 6.60. The third-order valence-corrected chi connectivity index (χ3v) is 5.09. The maximum atomic E-state index is 12.2.